The minimum absolute atomic E-state index is 0.0266. The molecule has 0 saturated carbocycles. The number of amides is 2. The summed E-state index contributed by atoms with van der Waals surface area (Å²) in [6.45, 7) is 4.46. The standard InChI is InChI=1S/C12H22N2O4/c1-8-4-3-6-14(9(8)2)12(18)13-10(5-7-15)11(16)17/h8-10,15H,3-7H2,1-2H3,(H,13,18)(H,16,17)/t8?,9?,10-/m1/s1. The number of aliphatic carboxylic acids is 1. The number of aliphatic hydroxyl groups excluding tert-OH is 1. The van der Waals surface area contributed by atoms with Crippen molar-refractivity contribution in [1.82, 2.24) is 10.2 Å². The van der Waals surface area contributed by atoms with Gasteiger partial charge in [0.1, 0.15) is 6.04 Å². The quantitative estimate of drug-likeness (QED) is 0.690. The minimum atomic E-state index is -1.12. The Morgan fingerprint density at radius 1 is 1.44 bits per heavy atom. The Morgan fingerprint density at radius 2 is 2.11 bits per heavy atom. The normalized spacial score (nSPS) is 25.6. The van der Waals surface area contributed by atoms with Crippen LogP contribution < -0.4 is 5.32 Å². The Morgan fingerprint density at radius 3 is 2.67 bits per heavy atom. The molecule has 1 rings (SSSR count). The van der Waals surface area contributed by atoms with Crippen LogP contribution in [0, 0.1) is 5.92 Å². The fourth-order valence-corrected chi connectivity index (χ4v) is 2.24. The van der Waals surface area contributed by atoms with Crippen molar-refractivity contribution in [2.75, 3.05) is 13.2 Å². The summed E-state index contributed by atoms with van der Waals surface area (Å²) < 4.78 is 0. The summed E-state index contributed by atoms with van der Waals surface area (Å²) in [5.41, 5.74) is 0. The van der Waals surface area contributed by atoms with Gasteiger partial charge in [-0.2, -0.15) is 0 Å². The second-order valence-electron chi connectivity index (χ2n) is 4.91. The van der Waals surface area contributed by atoms with Crippen LogP contribution in [0.3, 0.4) is 0 Å². The van der Waals surface area contributed by atoms with Crippen LogP contribution in [0.25, 0.3) is 0 Å². The minimum Gasteiger partial charge on any atom is -0.480 e. The molecule has 1 fully saturated rings. The summed E-state index contributed by atoms with van der Waals surface area (Å²) in [7, 11) is 0. The Bertz CT molecular complexity index is 308. The zero-order chi connectivity index (χ0) is 13.7. The molecule has 1 aliphatic heterocycles. The highest BCUT2D eigenvalue weighted by atomic mass is 16.4. The molecule has 0 aliphatic carbocycles. The molecule has 6 nitrogen and oxygen atoms in total. The number of carboxylic acid groups (broad SMARTS) is 1. The zero-order valence-electron chi connectivity index (χ0n) is 10.9. The van der Waals surface area contributed by atoms with E-state index in [4.69, 9.17) is 10.2 Å². The average Bonchev–Trinajstić information content (AvgIpc) is 2.31. The predicted octanol–water partition coefficient (Wildman–Crippen LogP) is 0.652. The summed E-state index contributed by atoms with van der Waals surface area (Å²) >= 11 is 0. The second kappa shape index (κ2) is 6.58. The third-order valence-electron chi connectivity index (χ3n) is 3.65. The lowest BCUT2D eigenvalue weighted by Crippen LogP contribution is -2.54. The van der Waals surface area contributed by atoms with Gasteiger partial charge in [-0.15, -0.1) is 0 Å². The number of aliphatic hydroxyl groups is 1. The van der Waals surface area contributed by atoms with Crippen molar-refractivity contribution in [3.05, 3.63) is 0 Å². The van der Waals surface area contributed by atoms with Crippen molar-refractivity contribution in [3.8, 4) is 0 Å². The Labute approximate surface area is 107 Å². The number of rotatable bonds is 4. The lowest BCUT2D eigenvalue weighted by Gasteiger charge is -2.38. The SMILES string of the molecule is CC1CCCN(C(=O)N[C@H](CCO)C(=O)O)C1C. The van der Waals surface area contributed by atoms with Gasteiger partial charge in [-0.05, 0) is 25.7 Å². The summed E-state index contributed by atoms with van der Waals surface area (Å²) in [4.78, 5) is 24.6. The Kier molecular flexibility index (Phi) is 5.40. The Hall–Kier alpha value is -1.30. The maximum atomic E-state index is 12.0. The largest absolute Gasteiger partial charge is 0.480 e. The molecule has 104 valence electrons. The van der Waals surface area contributed by atoms with Crippen LogP contribution in [0.2, 0.25) is 0 Å². The highest BCUT2D eigenvalue weighted by Crippen LogP contribution is 2.22. The molecular weight excluding hydrogens is 236 g/mol. The van der Waals surface area contributed by atoms with Crippen LogP contribution in [0.15, 0.2) is 0 Å². The highest BCUT2D eigenvalue weighted by molar-refractivity contribution is 5.82. The van der Waals surface area contributed by atoms with Crippen LogP contribution in [-0.2, 0) is 4.79 Å². The number of hydrogen-bond acceptors (Lipinski definition) is 3. The van der Waals surface area contributed by atoms with Crippen molar-refractivity contribution >= 4 is 12.0 Å². The van der Waals surface area contributed by atoms with Crippen LogP contribution >= 0.6 is 0 Å². The first kappa shape index (κ1) is 14.8. The van der Waals surface area contributed by atoms with Crippen molar-refractivity contribution in [2.24, 2.45) is 5.92 Å². The van der Waals surface area contributed by atoms with Gasteiger partial charge in [0, 0.05) is 25.6 Å². The zero-order valence-corrected chi connectivity index (χ0v) is 10.9. The first-order valence-corrected chi connectivity index (χ1v) is 6.38. The number of carbonyl (C=O) groups excluding carboxylic acids is 1. The summed E-state index contributed by atoms with van der Waals surface area (Å²) in [5, 5.41) is 20.2. The van der Waals surface area contributed by atoms with E-state index in [9.17, 15) is 9.59 Å². The third-order valence-corrected chi connectivity index (χ3v) is 3.65. The van der Waals surface area contributed by atoms with Crippen LogP contribution in [-0.4, -0.2) is 52.3 Å². The molecule has 1 saturated heterocycles. The van der Waals surface area contributed by atoms with Gasteiger partial charge in [-0.3, -0.25) is 0 Å². The monoisotopic (exact) mass is 258 g/mol. The molecule has 2 unspecified atom stereocenters. The van der Waals surface area contributed by atoms with Gasteiger partial charge < -0.3 is 20.4 Å². The molecule has 0 aromatic rings. The molecule has 18 heavy (non-hydrogen) atoms. The van der Waals surface area contributed by atoms with Gasteiger partial charge in [0.25, 0.3) is 0 Å². The van der Waals surface area contributed by atoms with E-state index < -0.39 is 12.0 Å². The Balaban J connectivity index is 2.60. The first-order chi connectivity index (χ1) is 8.47. The number of hydrogen-bond donors (Lipinski definition) is 3. The van der Waals surface area contributed by atoms with Gasteiger partial charge in [-0.1, -0.05) is 6.92 Å². The van der Waals surface area contributed by atoms with Crippen LogP contribution in [0.1, 0.15) is 33.1 Å². The summed E-state index contributed by atoms with van der Waals surface area (Å²) in [6.07, 6.45) is 2.06. The molecule has 0 spiro atoms. The molecule has 6 heteroatoms. The average molecular weight is 258 g/mol. The fourth-order valence-electron chi connectivity index (χ4n) is 2.24. The number of urea groups is 1. The second-order valence-corrected chi connectivity index (χ2v) is 4.91. The molecule has 3 atom stereocenters. The van der Waals surface area contributed by atoms with E-state index in [1.165, 1.54) is 0 Å². The molecular formula is C12H22N2O4. The van der Waals surface area contributed by atoms with Gasteiger partial charge >= 0.3 is 12.0 Å². The van der Waals surface area contributed by atoms with E-state index in [1.54, 1.807) is 4.90 Å². The number of likely N-dealkylation sites (tertiary alicyclic amines) is 1. The lowest BCUT2D eigenvalue weighted by molar-refractivity contribution is -0.139. The topological polar surface area (TPSA) is 89.9 Å². The highest BCUT2D eigenvalue weighted by Gasteiger charge is 2.30. The van der Waals surface area contributed by atoms with Crippen molar-refractivity contribution in [1.29, 1.82) is 0 Å². The van der Waals surface area contributed by atoms with Gasteiger partial charge in [-0.25, -0.2) is 9.59 Å². The molecule has 2 amide bonds. The van der Waals surface area contributed by atoms with E-state index in [2.05, 4.69) is 12.2 Å². The number of nitrogens with zero attached hydrogens (tertiary/aromatic N) is 1. The number of nitrogens with one attached hydrogen (secondary N) is 1. The van der Waals surface area contributed by atoms with Gasteiger partial charge in [0.2, 0.25) is 0 Å². The first-order valence-electron chi connectivity index (χ1n) is 6.38. The van der Waals surface area contributed by atoms with Crippen LogP contribution in [0.5, 0.6) is 0 Å². The lowest BCUT2D eigenvalue weighted by atomic mass is 9.92. The van der Waals surface area contributed by atoms with Gasteiger partial charge in [0.15, 0.2) is 0 Å². The maximum Gasteiger partial charge on any atom is 0.326 e. The van der Waals surface area contributed by atoms with E-state index in [-0.39, 0.29) is 25.1 Å². The summed E-state index contributed by atoms with van der Waals surface area (Å²) in [6, 6.07) is -1.26. The molecule has 1 aliphatic rings. The van der Waals surface area contributed by atoms with Crippen molar-refractivity contribution in [2.45, 2.75) is 45.2 Å². The number of piperidine rings is 1. The predicted molar refractivity (Wildman–Crippen MR) is 66.2 cm³/mol. The molecule has 0 radical (unpaired) electrons. The number of carboxylic acids is 1. The summed E-state index contributed by atoms with van der Waals surface area (Å²) in [5.74, 6) is -0.694. The van der Waals surface area contributed by atoms with Crippen LogP contribution in [0.4, 0.5) is 4.79 Å². The molecule has 0 aromatic heterocycles. The number of carbonyl (C=O) groups is 2. The van der Waals surface area contributed by atoms with Crippen molar-refractivity contribution in [3.63, 3.8) is 0 Å². The van der Waals surface area contributed by atoms with E-state index in [1.807, 2.05) is 6.92 Å². The van der Waals surface area contributed by atoms with Gasteiger partial charge in [0.05, 0.1) is 0 Å². The van der Waals surface area contributed by atoms with Crippen molar-refractivity contribution < 1.29 is 19.8 Å². The molecule has 0 bridgehead atoms. The molecule has 0 aromatic carbocycles. The van der Waals surface area contributed by atoms with E-state index in [0.29, 0.717) is 12.5 Å². The molecule has 3 N–H and O–H groups in total. The van der Waals surface area contributed by atoms with E-state index >= 15 is 0 Å². The maximum absolute atomic E-state index is 12.0. The smallest absolute Gasteiger partial charge is 0.326 e. The third kappa shape index (κ3) is 3.60. The van der Waals surface area contributed by atoms with E-state index in [0.717, 1.165) is 12.8 Å². The fraction of sp³-hybridized carbons (Fsp3) is 0.833. The molecule has 1 heterocycles.